The summed E-state index contributed by atoms with van der Waals surface area (Å²) in [5.74, 6) is 2.89. The number of carbonyl (C=O) groups excluding carboxylic acids is 2. The molecule has 0 aromatic rings. The van der Waals surface area contributed by atoms with Crippen LogP contribution >= 0.6 is 0 Å². The van der Waals surface area contributed by atoms with Gasteiger partial charge in [0.2, 0.25) is 11.8 Å². The number of primary amides is 1. The molecule has 3 aliphatic carbocycles. The SMILES string of the molecule is C1CCC2CCCCC2C1.CCC.CCCC[C@@H](C(N)=O)C1CC1CNC(=O)[C@H](CCCCN)NC. The number of nitrogens with one attached hydrogen (secondary N) is 2. The van der Waals surface area contributed by atoms with Crippen molar-refractivity contribution in [1.82, 2.24) is 10.6 Å². The van der Waals surface area contributed by atoms with Crippen LogP contribution in [0.15, 0.2) is 0 Å². The minimum atomic E-state index is -0.188. The number of unbranched alkanes of at least 4 members (excludes halogenated alkanes) is 2. The van der Waals surface area contributed by atoms with Crippen molar-refractivity contribution in [2.24, 2.45) is 41.1 Å². The summed E-state index contributed by atoms with van der Waals surface area (Å²) >= 11 is 0. The Balaban J connectivity index is 0.000000406. The van der Waals surface area contributed by atoms with Gasteiger partial charge in [0.1, 0.15) is 0 Å². The summed E-state index contributed by atoms with van der Waals surface area (Å²) in [4.78, 5) is 23.8. The molecule has 4 atom stereocenters. The van der Waals surface area contributed by atoms with Crippen molar-refractivity contribution in [2.45, 2.75) is 130 Å². The van der Waals surface area contributed by atoms with Gasteiger partial charge in [-0.2, -0.15) is 0 Å². The van der Waals surface area contributed by atoms with E-state index in [1.165, 1.54) is 32.1 Å². The van der Waals surface area contributed by atoms with Crippen molar-refractivity contribution in [3.8, 4) is 0 Å². The van der Waals surface area contributed by atoms with E-state index in [2.05, 4.69) is 31.4 Å². The second-order valence-corrected chi connectivity index (χ2v) is 11.5. The minimum absolute atomic E-state index is 0.0264. The minimum Gasteiger partial charge on any atom is -0.369 e. The zero-order chi connectivity index (χ0) is 26.8. The normalized spacial score (nSPS) is 26.1. The van der Waals surface area contributed by atoms with Gasteiger partial charge in [-0.25, -0.2) is 0 Å². The Labute approximate surface area is 222 Å². The third-order valence-electron chi connectivity index (χ3n) is 8.34. The lowest BCUT2D eigenvalue weighted by atomic mass is 9.71. The van der Waals surface area contributed by atoms with E-state index in [4.69, 9.17) is 11.5 Å². The van der Waals surface area contributed by atoms with Crippen LogP contribution in [0.3, 0.4) is 0 Å². The molecule has 212 valence electrons. The standard InChI is InChI=1S/C17H34N4O2.C10H18.C3H8/c1-3-4-7-13(16(19)22)14-10-12(14)11-21-17(23)15(20-2)8-5-6-9-18;1-2-6-10-8-4-3-7-9(10)5-1;1-3-2/h12-15,20H,3-11,18H2,1-2H3,(H2,19,22)(H,21,23);9-10H,1-8H2;3H2,1-2H3/t12?,13-,14?,15+;;/m1../s1. The Bertz CT molecular complexity index is 559. The maximum atomic E-state index is 12.2. The van der Waals surface area contributed by atoms with E-state index in [-0.39, 0.29) is 23.8 Å². The first-order valence-corrected chi connectivity index (χ1v) is 15.4. The molecule has 3 aliphatic rings. The van der Waals surface area contributed by atoms with Gasteiger partial charge in [-0.15, -0.1) is 0 Å². The molecular weight excluding hydrogens is 448 g/mol. The van der Waals surface area contributed by atoms with Gasteiger partial charge >= 0.3 is 0 Å². The van der Waals surface area contributed by atoms with Crippen LogP contribution in [0.25, 0.3) is 0 Å². The number of amides is 2. The van der Waals surface area contributed by atoms with Gasteiger partial charge in [0, 0.05) is 12.5 Å². The average molecular weight is 509 g/mol. The Morgan fingerprint density at radius 3 is 1.89 bits per heavy atom. The molecule has 3 saturated carbocycles. The zero-order valence-electron chi connectivity index (χ0n) is 24.2. The van der Waals surface area contributed by atoms with Crippen LogP contribution in [-0.2, 0) is 9.59 Å². The third-order valence-corrected chi connectivity index (χ3v) is 8.34. The number of hydrogen-bond donors (Lipinski definition) is 4. The lowest BCUT2D eigenvalue weighted by Gasteiger charge is -2.35. The van der Waals surface area contributed by atoms with Gasteiger partial charge in [0.15, 0.2) is 0 Å². The molecule has 0 aromatic carbocycles. The van der Waals surface area contributed by atoms with E-state index >= 15 is 0 Å². The predicted molar refractivity (Wildman–Crippen MR) is 152 cm³/mol. The Kier molecular flexibility index (Phi) is 18.2. The third kappa shape index (κ3) is 12.9. The fourth-order valence-corrected chi connectivity index (χ4v) is 6.10. The second kappa shape index (κ2) is 19.9. The van der Waals surface area contributed by atoms with E-state index in [0.717, 1.165) is 56.8 Å². The number of likely N-dealkylation sites (N-methyl/N-ethyl adjacent to an activating group) is 1. The second-order valence-electron chi connectivity index (χ2n) is 11.5. The highest BCUT2D eigenvalue weighted by atomic mass is 16.2. The van der Waals surface area contributed by atoms with E-state index in [0.29, 0.717) is 24.9 Å². The summed E-state index contributed by atoms with van der Waals surface area (Å²) < 4.78 is 0. The predicted octanol–water partition coefficient (Wildman–Crippen LogP) is 5.53. The van der Waals surface area contributed by atoms with Gasteiger partial charge in [0.05, 0.1) is 6.04 Å². The highest BCUT2D eigenvalue weighted by molar-refractivity contribution is 5.81. The molecule has 6 heteroatoms. The monoisotopic (exact) mass is 508 g/mol. The first-order valence-electron chi connectivity index (χ1n) is 15.4. The maximum absolute atomic E-state index is 12.2. The number of nitrogens with two attached hydrogens (primary N) is 2. The quantitative estimate of drug-likeness (QED) is 0.245. The zero-order valence-corrected chi connectivity index (χ0v) is 24.2. The summed E-state index contributed by atoms with van der Waals surface area (Å²) in [6.07, 6.45) is 20.3. The fourth-order valence-electron chi connectivity index (χ4n) is 6.10. The first-order chi connectivity index (χ1) is 17.4. The molecule has 36 heavy (non-hydrogen) atoms. The summed E-state index contributed by atoms with van der Waals surface area (Å²) in [5, 5.41) is 6.08. The van der Waals surface area contributed by atoms with Gasteiger partial charge in [0.25, 0.3) is 0 Å². The van der Waals surface area contributed by atoms with Gasteiger partial charge in [-0.3, -0.25) is 9.59 Å². The molecule has 0 aliphatic heterocycles. The van der Waals surface area contributed by atoms with Crippen LogP contribution in [0.4, 0.5) is 0 Å². The number of carbonyl (C=O) groups is 2. The molecule has 3 rings (SSSR count). The van der Waals surface area contributed by atoms with E-state index in [1.54, 1.807) is 32.7 Å². The molecule has 2 amide bonds. The number of fused-ring (bicyclic) bond motifs is 1. The van der Waals surface area contributed by atoms with Crippen molar-refractivity contribution in [3.05, 3.63) is 0 Å². The molecule has 0 aromatic heterocycles. The van der Waals surface area contributed by atoms with Crippen molar-refractivity contribution in [3.63, 3.8) is 0 Å². The van der Waals surface area contributed by atoms with Crippen molar-refractivity contribution in [2.75, 3.05) is 20.1 Å². The molecule has 0 radical (unpaired) electrons. The highest BCUT2D eigenvalue weighted by Gasteiger charge is 2.44. The maximum Gasteiger partial charge on any atom is 0.237 e. The van der Waals surface area contributed by atoms with Crippen LogP contribution in [0.2, 0.25) is 0 Å². The van der Waals surface area contributed by atoms with Crippen molar-refractivity contribution < 1.29 is 9.59 Å². The molecule has 0 saturated heterocycles. The molecule has 0 bridgehead atoms. The molecule has 0 heterocycles. The summed E-state index contributed by atoms with van der Waals surface area (Å²) in [6.45, 7) is 7.67. The smallest absolute Gasteiger partial charge is 0.237 e. The van der Waals surface area contributed by atoms with Gasteiger partial charge in [-0.1, -0.05) is 97.8 Å². The molecular formula is C30H60N4O2. The number of hydrogen-bond acceptors (Lipinski definition) is 4. The van der Waals surface area contributed by atoms with E-state index in [1.807, 2.05) is 0 Å². The van der Waals surface area contributed by atoms with Gasteiger partial charge in [-0.05, 0) is 62.9 Å². The van der Waals surface area contributed by atoms with Gasteiger partial charge < -0.3 is 22.1 Å². The van der Waals surface area contributed by atoms with E-state index in [9.17, 15) is 9.59 Å². The fraction of sp³-hybridized carbons (Fsp3) is 0.933. The first kappa shape index (κ1) is 32.9. The van der Waals surface area contributed by atoms with E-state index < -0.39 is 0 Å². The van der Waals surface area contributed by atoms with Crippen LogP contribution in [-0.4, -0.2) is 38.0 Å². The van der Waals surface area contributed by atoms with Crippen LogP contribution < -0.4 is 22.1 Å². The molecule has 3 fully saturated rings. The summed E-state index contributed by atoms with van der Waals surface area (Å²) in [6, 6.07) is -0.161. The molecule has 2 unspecified atom stereocenters. The van der Waals surface area contributed by atoms with Crippen molar-refractivity contribution in [1.29, 1.82) is 0 Å². The summed E-state index contributed by atoms with van der Waals surface area (Å²) in [5.41, 5.74) is 11.0. The summed E-state index contributed by atoms with van der Waals surface area (Å²) in [7, 11) is 1.81. The number of rotatable bonds is 13. The molecule has 6 nitrogen and oxygen atoms in total. The highest BCUT2D eigenvalue weighted by Crippen LogP contribution is 2.45. The van der Waals surface area contributed by atoms with Crippen LogP contribution in [0.5, 0.6) is 0 Å². The van der Waals surface area contributed by atoms with Crippen LogP contribution in [0, 0.1) is 29.6 Å². The lowest BCUT2D eigenvalue weighted by molar-refractivity contribution is -0.123. The Morgan fingerprint density at radius 1 is 0.889 bits per heavy atom. The largest absolute Gasteiger partial charge is 0.369 e. The molecule has 6 N–H and O–H groups in total. The topological polar surface area (TPSA) is 110 Å². The lowest BCUT2D eigenvalue weighted by Crippen LogP contribution is -2.43. The van der Waals surface area contributed by atoms with Crippen molar-refractivity contribution >= 4 is 11.8 Å². The molecule has 0 spiro atoms. The van der Waals surface area contributed by atoms with Crippen LogP contribution in [0.1, 0.15) is 124 Å². The Morgan fingerprint density at radius 2 is 1.44 bits per heavy atom. The Hall–Kier alpha value is -1.14. The average Bonchev–Trinajstić information content (AvgIpc) is 3.65.